The molecule has 0 radical (unpaired) electrons. The lowest BCUT2D eigenvalue weighted by molar-refractivity contribution is -0.147. The summed E-state index contributed by atoms with van der Waals surface area (Å²) in [6.07, 6.45) is 1.49. The van der Waals surface area contributed by atoms with Crippen molar-refractivity contribution < 1.29 is 19.1 Å². The van der Waals surface area contributed by atoms with E-state index in [0.717, 1.165) is 15.2 Å². The van der Waals surface area contributed by atoms with E-state index in [0.29, 0.717) is 24.2 Å². The van der Waals surface area contributed by atoms with Crippen LogP contribution in [0.3, 0.4) is 0 Å². The van der Waals surface area contributed by atoms with Gasteiger partial charge in [-0.3, -0.25) is 19.3 Å². The van der Waals surface area contributed by atoms with Gasteiger partial charge in [-0.05, 0) is 37.1 Å². The van der Waals surface area contributed by atoms with Gasteiger partial charge in [0, 0.05) is 6.42 Å². The number of thiazole rings is 1. The average molecular weight is 409 g/mol. The molecule has 2 heterocycles. The van der Waals surface area contributed by atoms with Crippen LogP contribution in [0, 0.1) is 0 Å². The van der Waals surface area contributed by atoms with Gasteiger partial charge in [0.2, 0.25) is 5.91 Å². The van der Waals surface area contributed by atoms with Crippen molar-refractivity contribution in [2.75, 3.05) is 23.4 Å². The molecule has 0 aliphatic carbocycles. The molecular weight excluding hydrogens is 390 g/mol. The van der Waals surface area contributed by atoms with E-state index in [4.69, 9.17) is 4.74 Å². The number of carbonyl (C=O) groups excluding carboxylic acids is 3. The summed E-state index contributed by atoms with van der Waals surface area (Å²) < 4.78 is 6.25. The second-order valence-electron chi connectivity index (χ2n) is 6.63. The predicted octanol–water partition coefficient (Wildman–Crippen LogP) is 3.15. The predicted molar refractivity (Wildman–Crippen MR) is 111 cm³/mol. The standard InChI is InChI=1S/C21H19N3O4S/c25-18-12-24(16-8-3-1-6-14(16)22-18)20(26)13-28-21(27)11-5-10-19-23-15-7-2-4-9-17(15)29-19/h1-4,6-9H,5,10-13H2,(H,22,25). The molecule has 1 aromatic heterocycles. The zero-order chi connectivity index (χ0) is 20.2. The van der Waals surface area contributed by atoms with Crippen molar-refractivity contribution in [2.24, 2.45) is 0 Å². The molecule has 1 aliphatic rings. The number of para-hydroxylation sites is 3. The number of hydrogen-bond acceptors (Lipinski definition) is 6. The summed E-state index contributed by atoms with van der Waals surface area (Å²) in [4.78, 5) is 42.2. The molecule has 1 N–H and O–H groups in total. The maximum Gasteiger partial charge on any atom is 0.306 e. The van der Waals surface area contributed by atoms with Gasteiger partial charge in [0.1, 0.15) is 6.54 Å². The third kappa shape index (κ3) is 4.43. The maximum absolute atomic E-state index is 12.5. The fourth-order valence-electron chi connectivity index (χ4n) is 3.16. The Morgan fingerprint density at radius 1 is 1.14 bits per heavy atom. The van der Waals surface area contributed by atoms with Crippen LogP contribution in [0.15, 0.2) is 48.5 Å². The third-order valence-electron chi connectivity index (χ3n) is 4.54. The van der Waals surface area contributed by atoms with Gasteiger partial charge in [-0.1, -0.05) is 24.3 Å². The Labute approximate surface area is 171 Å². The lowest BCUT2D eigenvalue weighted by Crippen LogP contribution is -2.44. The van der Waals surface area contributed by atoms with Gasteiger partial charge in [0.25, 0.3) is 5.91 Å². The second-order valence-corrected chi connectivity index (χ2v) is 7.75. The van der Waals surface area contributed by atoms with Crippen LogP contribution in [-0.2, 0) is 25.5 Å². The molecule has 148 valence electrons. The van der Waals surface area contributed by atoms with Crippen molar-refractivity contribution in [1.29, 1.82) is 0 Å². The second kappa shape index (κ2) is 8.40. The van der Waals surface area contributed by atoms with Gasteiger partial charge in [0.05, 0.1) is 26.6 Å². The largest absolute Gasteiger partial charge is 0.456 e. The fraction of sp³-hybridized carbons (Fsp3) is 0.238. The molecule has 0 fully saturated rings. The van der Waals surface area contributed by atoms with Crippen LogP contribution in [0.4, 0.5) is 11.4 Å². The SMILES string of the molecule is O=C1CN(C(=O)COC(=O)CCCc2nc3ccccc3s2)c2ccccc2N1. The number of esters is 1. The first-order chi connectivity index (χ1) is 14.1. The first kappa shape index (κ1) is 19.1. The first-order valence-corrected chi connectivity index (χ1v) is 10.1. The fourth-order valence-corrected chi connectivity index (χ4v) is 4.17. The van der Waals surface area contributed by atoms with E-state index in [9.17, 15) is 14.4 Å². The highest BCUT2D eigenvalue weighted by atomic mass is 32.1. The van der Waals surface area contributed by atoms with Gasteiger partial charge in [-0.2, -0.15) is 0 Å². The van der Waals surface area contributed by atoms with Gasteiger partial charge >= 0.3 is 5.97 Å². The number of ether oxygens (including phenoxy) is 1. The van der Waals surface area contributed by atoms with Crippen molar-refractivity contribution in [3.8, 4) is 0 Å². The molecule has 3 aromatic rings. The molecule has 7 nitrogen and oxygen atoms in total. The number of nitrogens with one attached hydrogen (secondary N) is 1. The molecule has 0 saturated carbocycles. The number of amides is 2. The van der Waals surface area contributed by atoms with E-state index in [1.165, 1.54) is 4.90 Å². The number of fused-ring (bicyclic) bond motifs is 2. The normalized spacial score (nSPS) is 13.1. The van der Waals surface area contributed by atoms with Crippen LogP contribution in [0.1, 0.15) is 17.8 Å². The Morgan fingerprint density at radius 3 is 2.79 bits per heavy atom. The van der Waals surface area contributed by atoms with E-state index in [-0.39, 0.29) is 25.5 Å². The molecular formula is C21H19N3O4S. The van der Waals surface area contributed by atoms with Crippen molar-refractivity contribution in [2.45, 2.75) is 19.3 Å². The van der Waals surface area contributed by atoms with Gasteiger partial charge in [0.15, 0.2) is 6.61 Å². The van der Waals surface area contributed by atoms with Crippen LogP contribution in [-0.4, -0.2) is 35.9 Å². The van der Waals surface area contributed by atoms with Crippen LogP contribution < -0.4 is 10.2 Å². The van der Waals surface area contributed by atoms with Crippen molar-refractivity contribution in [1.82, 2.24) is 4.98 Å². The summed E-state index contributed by atoms with van der Waals surface area (Å²) in [6, 6.07) is 14.9. The number of benzene rings is 2. The molecule has 2 amide bonds. The highest BCUT2D eigenvalue weighted by Gasteiger charge is 2.27. The van der Waals surface area contributed by atoms with E-state index in [2.05, 4.69) is 10.3 Å². The van der Waals surface area contributed by atoms with Crippen LogP contribution >= 0.6 is 11.3 Å². The number of aryl methyl sites for hydroxylation is 1. The lowest BCUT2D eigenvalue weighted by atomic mass is 10.2. The molecule has 8 heteroatoms. The molecule has 0 unspecified atom stereocenters. The van der Waals surface area contributed by atoms with Crippen molar-refractivity contribution in [3.05, 3.63) is 53.5 Å². The maximum atomic E-state index is 12.5. The zero-order valence-corrected chi connectivity index (χ0v) is 16.4. The van der Waals surface area contributed by atoms with E-state index < -0.39 is 11.9 Å². The monoisotopic (exact) mass is 409 g/mol. The number of anilines is 2. The highest BCUT2D eigenvalue weighted by molar-refractivity contribution is 7.18. The number of hydrogen-bond donors (Lipinski definition) is 1. The van der Waals surface area contributed by atoms with Crippen molar-refractivity contribution in [3.63, 3.8) is 0 Å². The Kier molecular flexibility index (Phi) is 5.53. The smallest absolute Gasteiger partial charge is 0.306 e. The summed E-state index contributed by atoms with van der Waals surface area (Å²) in [5.41, 5.74) is 2.13. The van der Waals surface area contributed by atoms with Crippen LogP contribution in [0.25, 0.3) is 10.2 Å². The van der Waals surface area contributed by atoms with E-state index >= 15 is 0 Å². The molecule has 0 atom stereocenters. The van der Waals surface area contributed by atoms with E-state index in [1.807, 2.05) is 24.3 Å². The molecule has 1 aliphatic heterocycles. The summed E-state index contributed by atoms with van der Waals surface area (Å²) in [6.45, 7) is -0.480. The summed E-state index contributed by atoms with van der Waals surface area (Å²) in [5, 5.41) is 3.69. The average Bonchev–Trinajstić information content (AvgIpc) is 3.14. The van der Waals surface area contributed by atoms with Crippen molar-refractivity contribution >= 4 is 50.7 Å². The lowest BCUT2D eigenvalue weighted by Gasteiger charge is -2.28. The summed E-state index contributed by atoms with van der Waals surface area (Å²) >= 11 is 1.62. The van der Waals surface area contributed by atoms with Crippen LogP contribution in [0.2, 0.25) is 0 Å². The minimum absolute atomic E-state index is 0.0923. The third-order valence-corrected chi connectivity index (χ3v) is 5.63. The summed E-state index contributed by atoms with van der Waals surface area (Å²) in [5.74, 6) is -1.14. The zero-order valence-electron chi connectivity index (χ0n) is 15.6. The Balaban J connectivity index is 1.26. The quantitative estimate of drug-likeness (QED) is 0.632. The van der Waals surface area contributed by atoms with Gasteiger partial charge in [-0.25, -0.2) is 4.98 Å². The molecule has 0 spiro atoms. The summed E-state index contributed by atoms with van der Waals surface area (Å²) in [7, 11) is 0. The number of rotatable bonds is 6. The number of carbonyl (C=O) groups is 3. The molecule has 4 rings (SSSR count). The Hall–Kier alpha value is -3.26. The molecule has 29 heavy (non-hydrogen) atoms. The Morgan fingerprint density at radius 2 is 1.93 bits per heavy atom. The van der Waals surface area contributed by atoms with E-state index in [1.54, 1.807) is 35.6 Å². The number of aromatic nitrogens is 1. The molecule has 0 bridgehead atoms. The topological polar surface area (TPSA) is 88.6 Å². The number of nitrogens with zero attached hydrogens (tertiary/aromatic N) is 2. The molecule has 2 aromatic carbocycles. The van der Waals surface area contributed by atoms with Gasteiger partial charge in [-0.15, -0.1) is 11.3 Å². The minimum atomic E-state index is -0.436. The van der Waals surface area contributed by atoms with Gasteiger partial charge < -0.3 is 10.1 Å². The molecule has 0 saturated heterocycles. The van der Waals surface area contributed by atoms with Crippen LogP contribution in [0.5, 0.6) is 0 Å². The minimum Gasteiger partial charge on any atom is -0.456 e. The Bertz CT molecular complexity index is 1050. The highest BCUT2D eigenvalue weighted by Crippen LogP contribution is 2.29. The first-order valence-electron chi connectivity index (χ1n) is 9.29.